The summed E-state index contributed by atoms with van der Waals surface area (Å²) in [5, 5.41) is 8.76. The molecule has 0 saturated heterocycles. The van der Waals surface area contributed by atoms with Gasteiger partial charge in [-0.1, -0.05) is 17.7 Å². The van der Waals surface area contributed by atoms with Crippen LogP contribution in [0.4, 0.5) is 23.2 Å². The second-order valence-corrected chi connectivity index (χ2v) is 9.23. The van der Waals surface area contributed by atoms with Crippen LogP contribution in [-0.4, -0.2) is 30.8 Å². The fourth-order valence-corrected chi connectivity index (χ4v) is 3.59. The van der Waals surface area contributed by atoms with E-state index < -0.39 is 56.2 Å². The number of ether oxygens (including phenoxy) is 1. The highest BCUT2D eigenvalue weighted by molar-refractivity contribution is 7.90. The molecular formula is C20H14ClF4N3O4S. The van der Waals surface area contributed by atoms with E-state index in [9.17, 15) is 30.8 Å². The number of nitrogens with zero attached hydrogens (tertiary/aromatic N) is 2. The van der Waals surface area contributed by atoms with Crippen molar-refractivity contribution in [3.63, 3.8) is 0 Å². The molecular weight excluding hydrogens is 490 g/mol. The Hall–Kier alpha value is -3.25. The Morgan fingerprint density at radius 3 is 2.42 bits per heavy atom. The number of amides is 1. The number of carbonyl (C=O) groups excluding carboxylic acids is 1. The van der Waals surface area contributed by atoms with E-state index in [1.165, 1.54) is 24.3 Å². The molecule has 0 saturated carbocycles. The van der Waals surface area contributed by atoms with Crippen molar-refractivity contribution in [1.29, 1.82) is 0 Å². The first-order valence-electron chi connectivity index (χ1n) is 8.96. The normalized spacial score (nSPS) is 11.8. The average Bonchev–Trinajstić information content (AvgIpc) is 2.68. The minimum atomic E-state index is -4.94. The van der Waals surface area contributed by atoms with Gasteiger partial charge in [-0.15, -0.1) is 10.2 Å². The first kappa shape index (κ1) is 24.4. The van der Waals surface area contributed by atoms with Gasteiger partial charge in [0.15, 0.2) is 27.1 Å². The largest absolute Gasteiger partial charge is 0.435 e. The Balaban J connectivity index is 2.08. The molecule has 0 atom stereocenters. The number of nitrogens with one attached hydrogen (secondary N) is 1. The Labute approximate surface area is 190 Å². The summed E-state index contributed by atoms with van der Waals surface area (Å²) >= 11 is 5.68. The van der Waals surface area contributed by atoms with Gasteiger partial charge in [-0.3, -0.25) is 4.79 Å². The summed E-state index contributed by atoms with van der Waals surface area (Å²) in [7, 11) is -3.62. The van der Waals surface area contributed by atoms with Crippen LogP contribution in [-0.2, 0) is 16.0 Å². The third kappa shape index (κ3) is 5.57. The summed E-state index contributed by atoms with van der Waals surface area (Å²) < 4.78 is 82.9. The van der Waals surface area contributed by atoms with E-state index in [2.05, 4.69) is 15.5 Å². The molecule has 0 spiro atoms. The van der Waals surface area contributed by atoms with E-state index in [0.29, 0.717) is 0 Å². The number of hydrogen-bond donors (Lipinski definition) is 1. The third-order valence-electron chi connectivity index (χ3n) is 4.30. The van der Waals surface area contributed by atoms with E-state index in [-0.39, 0.29) is 15.6 Å². The van der Waals surface area contributed by atoms with Crippen molar-refractivity contribution in [2.75, 3.05) is 11.6 Å². The lowest BCUT2D eigenvalue weighted by atomic mass is 10.1. The van der Waals surface area contributed by atoms with E-state index in [1.54, 1.807) is 0 Å². The number of halogens is 5. The number of anilines is 1. The predicted molar refractivity (Wildman–Crippen MR) is 111 cm³/mol. The average molecular weight is 504 g/mol. The predicted octanol–water partition coefficient (Wildman–Crippen LogP) is 5.04. The van der Waals surface area contributed by atoms with Gasteiger partial charge in [-0.2, -0.15) is 13.2 Å². The molecule has 3 aromatic rings. The van der Waals surface area contributed by atoms with Crippen LogP contribution < -0.4 is 10.1 Å². The molecule has 174 valence electrons. The van der Waals surface area contributed by atoms with Gasteiger partial charge in [0.1, 0.15) is 5.56 Å². The molecule has 0 aliphatic rings. The van der Waals surface area contributed by atoms with Crippen LogP contribution >= 0.6 is 11.6 Å². The van der Waals surface area contributed by atoms with Crippen molar-refractivity contribution >= 4 is 33.0 Å². The molecule has 0 fully saturated rings. The fraction of sp³-hybridized carbons (Fsp3) is 0.150. The lowest BCUT2D eigenvalue weighted by Crippen LogP contribution is -2.21. The smallest absolute Gasteiger partial charge is 0.434 e. The number of carbonyl (C=O) groups is 1. The molecule has 3 rings (SSSR count). The van der Waals surface area contributed by atoms with Gasteiger partial charge in [0, 0.05) is 17.0 Å². The Morgan fingerprint density at radius 1 is 1.12 bits per heavy atom. The number of sulfone groups is 1. The molecule has 1 aromatic heterocycles. The second kappa shape index (κ2) is 8.94. The Morgan fingerprint density at radius 2 is 1.82 bits per heavy atom. The highest BCUT2D eigenvalue weighted by Crippen LogP contribution is 2.35. The molecule has 33 heavy (non-hydrogen) atoms. The zero-order valence-corrected chi connectivity index (χ0v) is 18.4. The van der Waals surface area contributed by atoms with Gasteiger partial charge in [-0.05, 0) is 48.9 Å². The van der Waals surface area contributed by atoms with Crippen LogP contribution in [0.2, 0.25) is 5.02 Å². The maximum Gasteiger partial charge on any atom is 0.435 e. The first-order chi connectivity index (χ1) is 15.3. The zero-order valence-electron chi connectivity index (χ0n) is 16.9. The highest BCUT2D eigenvalue weighted by Gasteiger charge is 2.38. The van der Waals surface area contributed by atoms with Gasteiger partial charge in [0.05, 0.1) is 4.90 Å². The molecule has 0 unspecified atom stereocenters. The van der Waals surface area contributed by atoms with Gasteiger partial charge >= 0.3 is 6.18 Å². The Kier molecular flexibility index (Phi) is 6.61. The molecule has 0 aliphatic carbocycles. The molecule has 1 N–H and O–H groups in total. The van der Waals surface area contributed by atoms with Crippen LogP contribution in [0.15, 0.2) is 47.4 Å². The van der Waals surface area contributed by atoms with E-state index in [1.807, 2.05) is 0 Å². The molecule has 0 bridgehead atoms. The molecule has 2 aromatic carbocycles. The number of alkyl halides is 3. The van der Waals surface area contributed by atoms with Crippen molar-refractivity contribution in [2.45, 2.75) is 18.0 Å². The Bertz CT molecular complexity index is 1350. The minimum absolute atomic E-state index is 0.0173. The molecule has 13 heteroatoms. The highest BCUT2D eigenvalue weighted by atomic mass is 35.5. The molecule has 1 heterocycles. The number of aromatic nitrogens is 2. The summed E-state index contributed by atoms with van der Waals surface area (Å²) in [6.07, 6.45) is -3.99. The van der Waals surface area contributed by atoms with Crippen LogP contribution in [0.25, 0.3) is 0 Å². The molecule has 1 amide bonds. The number of hydrogen-bond acceptors (Lipinski definition) is 6. The van der Waals surface area contributed by atoms with Crippen molar-refractivity contribution in [1.82, 2.24) is 10.2 Å². The fourth-order valence-electron chi connectivity index (χ4n) is 2.77. The number of rotatable bonds is 5. The van der Waals surface area contributed by atoms with Crippen molar-refractivity contribution in [2.24, 2.45) is 0 Å². The second-order valence-electron chi connectivity index (χ2n) is 6.78. The lowest BCUT2D eigenvalue weighted by Gasteiger charge is -2.16. The summed E-state index contributed by atoms with van der Waals surface area (Å²) in [5.41, 5.74) is -2.76. The van der Waals surface area contributed by atoms with Crippen LogP contribution in [0.1, 0.15) is 21.6 Å². The van der Waals surface area contributed by atoms with Crippen molar-refractivity contribution < 1.29 is 35.5 Å². The SMILES string of the molecule is Cc1c(C(F)(F)F)nnc(Oc2ccc(Cl)cc2F)c1C(=O)Nc1cccc(S(C)(=O)=O)c1. The first-order valence-corrected chi connectivity index (χ1v) is 11.2. The van der Waals surface area contributed by atoms with Gasteiger partial charge in [0.2, 0.25) is 0 Å². The summed E-state index contributed by atoms with van der Waals surface area (Å²) in [6.45, 7) is 0.977. The molecule has 0 aliphatic heterocycles. The van der Waals surface area contributed by atoms with Crippen molar-refractivity contribution in [3.05, 3.63) is 70.1 Å². The van der Waals surface area contributed by atoms with Gasteiger partial charge in [0.25, 0.3) is 11.8 Å². The lowest BCUT2D eigenvalue weighted by molar-refractivity contribution is -0.142. The van der Waals surface area contributed by atoms with Crippen LogP contribution in [0.5, 0.6) is 11.6 Å². The number of benzene rings is 2. The quantitative estimate of drug-likeness (QED) is 0.490. The maximum absolute atomic E-state index is 14.1. The van der Waals surface area contributed by atoms with Gasteiger partial charge < -0.3 is 10.1 Å². The summed E-state index contributed by atoms with van der Waals surface area (Å²) in [5.74, 6) is -3.21. The zero-order chi connectivity index (χ0) is 24.6. The standard InChI is InChI=1S/C20H14ClF4N3O4S/c1-10-16(18(29)26-12-4-3-5-13(9-12)33(2,30)31)19(28-27-17(10)20(23,24)25)32-15-7-6-11(21)8-14(15)22/h3-9H,1-2H3,(H,26,29). The summed E-state index contributed by atoms with van der Waals surface area (Å²) in [6, 6.07) is 8.35. The van der Waals surface area contributed by atoms with Crippen LogP contribution in [0.3, 0.4) is 0 Å². The topological polar surface area (TPSA) is 98.2 Å². The van der Waals surface area contributed by atoms with E-state index in [4.69, 9.17) is 16.3 Å². The van der Waals surface area contributed by atoms with E-state index >= 15 is 0 Å². The summed E-state index contributed by atoms with van der Waals surface area (Å²) in [4.78, 5) is 12.8. The minimum Gasteiger partial charge on any atom is -0.434 e. The van der Waals surface area contributed by atoms with Crippen molar-refractivity contribution in [3.8, 4) is 11.6 Å². The monoisotopic (exact) mass is 503 g/mol. The molecule has 0 radical (unpaired) electrons. The molecule has 7 nitrogen and oxygen atoms in total. The van der Waals surface area contributed by atoms with Crippen LogP contribution in [0, 0.1) is 12.7 Å². The maximum atomic E-state index is 14.1. The van der Waals surface area contributed by atoms with E-state index in [0.717, 1.165) is 31.4 Å². The van der Waals surface area contributed by atoms with Gasteiger partial charge in [-0.25, -0.2) is 12.8 Å². The third-order valence-corrected chi connectivity index (χ3v) is 5.65.